The van der Waals surface area contributed by atoms with E-state index in [1.54, 1.807) is 0 Å². The van der Waals surface area contributed by atoms with Crippen LogP contribution in [-0.2, 0) is 10.8 Å². The summed E-state index contributed by atoms with van der Waals surface area (Å²) in [5.41, 5.74) is 20.0. The van der Waals surface area contributed by atoms with Gasteiger partial charge in [-0.25, -0.2) is 0 Å². The molecule has 0 saturated carbocycles. The minimum atomic E-state index is -0.308. The maximum absolute atomic E-state index is 2.45. The summed E-state index contributed by atoms with van der Waals surface area (Å²) >= 11 is 0. The van der Waals surface area contributed by atoms with Gasteiger partial charge in [-0.2, -0.15) is 0 Å². The van der Waals surface area contributed by atoms with Crippen LogP contribution in [0.25, 0.3) is 66.1 Å². The molecule has 0 spiro atoms. The summed E-state index contributed by atoms with van der Waals surface area (Å²) < 4.78 is 0. The molecular formula is C61H45N. The first-order valence-corrected chi connectivity index (χ1v) is 21.8. The lowest BCUT2D eigenvalue weighted by Crippen LogP contribution is -2.22. The number of fused-ring (bicyclic) bond motifs is 9. The highest BCUT2D eigenvalue weighted by molar-refractivity contribution is 6.13. The molecule has 0 aliphatic heterocycles. The molecule has 0 aromatic heterocycles. The lowest BCUT2D eigenvalue weighted by atomic mass is 9.74. The SMILES string of the molecule is CC1(C)c2ccccc2-c2cccc(-c3ccc(N(c4ccc(-c5cc6ccccc6c6ccccc56)cc4)c4ccc5c(c4)C(C)(c4ccccc4)c4ccccc4-5)cc3)c21. The molecule has 1 heteroatoms. The van der Waals surface area contributed by atoms with E-state index in [4.69, 9.17) is 0 Å². The van der Waals surface area contributed by atoms with Gasteiger partial charge in [-0.05, 0) is 143 Å². The van der Waals surface area contributed by atoms with Crippen molar-refractivity contribution >= 4 is 38.6 Å². The second-order valence-electron chi connectivity index (χ2n) is 17.8. The minimum absolute atomic E-state index is 0.0985. The Labute approximate surface area is 364 Å². The molecule has 1 unspecified atom stereocenters. The molecule has 0 bridgehead atoms. The lowest BCUT2D eigenvalue weighted by Gasteiger charge is -2.31. The van der Waals surface area contributed by atoms with Crippen molar-refractivity contribution in [3.05, 3.63) is 246 Å². The number of rotatable bonds is 6. The minimum Gasteiger partial charge on any atom is -0.310 e. The van der Waals surface area contributed by atoms with E-state index in [1.807, 2.05) is 0 Å². The third-order valence-corrected chi connectivity index (χ3v) is 14.1. The molecule has 0 heterocycles. The van der Waals surface area contributed by atoms with E-state index < -0.39 is 0 Å². The van der Waals surface area contributed by atoms with Gasteiger partial charge in [0.15, 0.2) is 0 Å². The second-order valence-corrected chi connectivity index (χ2v) is 17.8. The monoisotopic (exact) mass is 791 g/mol. The van der Waals surface area contributed by atoms with Crippen molar-refractivity contribution in [3.8, 4) is 44.5 Å². The van der Waals surface area contributed by atoms with Gasteiger partial charge in [-0.1, -0.05) is 190 Å². The zero-order chi connectivity index (χ0) is 41.6. The molecule has 62 heavy (non-hydrogen) atoms. The van der Waals surface area contributed by atoms with Crippen molar-refractivity contribution in [2.75, 3.05) is 4.90 Å². The highest BCUT2D eigenvalue weighted by atomic mass is 15.1. The van der Waals surface area contributed by atoms with Crippen LogP contribution in [0.15, 0.2) is 218 Å². The summed E-state index contributed by atoms with van der Waals surface area (Å²) in [5.74, 6) is 0. The number of nitrogens with zero attached hydrogens (tertiary/aromatic N) is 1. The first-order valence-electron chi connectivity index (χ1n) is 21.8. The summed E-state index contributed by atoms with van der Waals surface area (Å²) in [6.45, 7) is 7.14. The molecule has 0 fully saturated rings. The molecular weight excluding hydrogens is 747 g/mol. The van der Waals surface area contributed by atoms with E-state index in [0.717, 1.165) is 17.1 Å². The molecule has 0 radical (unpaired) electrons. The van der Waals surface area contributed by atoms with Crippen molar-refractivity contribution in [1.82, 2.24) is 0 Å². The first-order chi connectivity index (χ1) is 30.4. The van der Waals surface area contributed by atoms with Crippen molar-refractivity contribution < 1.29 is 0 Å². The lowest BCUT2D eigenvalue weighted by molar-refractivity contribution is 0.662. The summed E-state index contributed by atoms with van der Waals surface area (Å²) in [5, 5.41) is 5.09. The van der Waals surface area contributed by atoms with Crippen LogP contribution in [0.5, 0.6) is 0 Å². The standard InChI is InChI=1S/C61H45N/c1-60(2)56-26-13-11-23-52(56)54-25-15-24-48(59(54)60)40-28-32-44(33-29-40)62(45-34-30-41(31-35-45)55-38-42-16-7-8-19-47(42)49-20-9-10-21-50(49)55)46-36-37-53-51-22-12-14-27-57(51)61(3,58(53)39-46)43-17-5-4-6-18-43/h4-39H,1-3H3. The Bertz CT molecular complexity index is 3370. The summed E-state index contributed by atoms with van der Waals surface area (Å²) in [6, 6.07) is 81.2. The van der Waals surface area contributed by atoms with Gasteiger partial charge in [-0.15, -0.1) is 0 Å². The van der Waals surface area contributed by atoms with E-state index in [0.29, 0.717) is 0 Å². The van der Waals surface area contributed by atoms with Crippen LogP contribution < -0.4 is 4.90 Å². The third kappa shape index (κ3) is 5.34. The fourth-order valence-electron chi connectivity index (χ4n) is 11.1. The molecule has 0 saturated heterocycles. The summed E-state index contributed by atoms with van der Waals surface area (Å²) in [4.78, 5) is 2.44. The van der Waals surface area contributed by atoms with Gasteiger partial charge in [0, 0.05) is 27.9 Å². The van der Waals surface area contributed by atoms with Crippen LogP contribution in [0.2, 0.25) is 0 Å². The molecule has 1 atom stereocenters. The first kappa shape index (κ1) is 36.4. The smallest absolute Gasteiger partial charge is 0.0465 e. The van der Waals surface area contributed by atoms with Crippen molar-refractivity contribution in [2.45, 2.75) is 31.6 Å². The van der Waals surface area contributed by atoms with Crippen LogP contribution in [0.1, 0.15) is 48.6 Å². The molecule has 2 aliphatic carbocycles. The van der Waals surface area contributed by atoms with Gasteiger partial charge < -0.3 is 4.90 Å². The number of anilines is 3. The zero-order valence-corrected chi connectivity index (χ0v) is 35.2. The molecule has 10 aromatic rings. The van der Waals surface area contributed by atoms with Gasteiger partial charge in [0.25, 0.3) is 0 Å². The molecule has 294 valence electrons. The van der Waals surface area contributed by atoms with E-state index in [9.17, 15) is 0 Å². The average molecular weight is 792 g/mol. The Morgan fingerprint density at radius 3 is 1.56 bits per heavy atom. The summed E-state index contributed by atoms with van der Waals surface area (Å²) in [7, 11) is 0. The number of benzene rings is 10. The Hall–Kier alpha value is -7.48. The molecule has 2 aliphatic rings. The van der Waals surface area contributed by atoms with E-state index in [1.165, 1.54) is 93.9 Å². The maximum atomic E-state index is 2.45. The van der Waals surface area contributed by atoms with E-state index in [-0.39, 0.29) is 10.8 Å². The van der Waals surface area contributed by atoms with Crippen LogP contribution in [-0.4, -0.2) is 0 Å². The van der Waals surface area contributed by atoms with E-state index in [2.05, 4.69) is 244 Å². The second kappa shape index (κ2) is 13.8. The highest BCUT2D eigenvalue weighted by Crippen LogP contribution is 2.55. The average Bonchev–Trinajstić information content (AvgIpc) is 3.73. The Balaban J connectivity index is 1.01. The van der Waals surface area contributed by atoms with Gasteiger partial charge in [0.05, 0.1) is 0 Å². The van der Waals surface area contributed by atoms with Crippen molar-refractivity contribution in [3.63, 3.8) is 0 Å². The third-order valence-electron chi connectivity index (χ3n) is 14.1. The molecule has 0 amide bonds. The largest absolute Gasteiger partial charge is 0.310 e. The van der Waals surface area contributed by atoms with Gasteiger partial charge >= 0.3 is 0 Å². The molecule has 12 rings (SSSR count). The molecule has 10 aromatic carbocycles. The van der Waals surface area contributed by atoms with Crippen molar-refractivity contribution in [2.24, 2.45) is 0 Å². The van der Waals surface area contributed by atoms with Crippen LogP contribution in [0.3, 0.4) is 0 Å². The topological polar surface area (TPSA) is 3.24 Å². The quantitative estimate of drug-likeness (QED) is 0.152. The Kier molecular flexibility index (Phi) is 8.08. The Morgan fingerprint density at radius 1 is 0.323 bits per heavy atom. The zero-order valence-electron chi connectivity index (χ0n) is 35.2. The van der Waals surface area contributed by atoms with Crippen LogP contribution in [0, 0.1) is 0 Å². The maximum Gasteiger partial charge on any atom is 0.0465 e. The summed E-state index contributed by atoms with van der Waals surface area (Å²) in [6.07, 6.45) is 0. The van der Waals surface area contributed by atoms with Crippen molar-refractivity contribution in [1.29, 1.82) is 0 Å². The highest BCUT2D eigenvalue weighted by Gasteiger charge is 2.41. The number of hydrogen-bond acceptors (Lipinski definition) is 1. The molecule has 0 N–H and O–H groups in total. The van der Waals surface area contributed by atoms with Gasteiger partial charge in [-0.3, -0.25) is 0 Å². The van der Waals surface area contributed by atoms with Crippen LogP contribution in [0.4, 0.5) is 17.1 Å². The Morgan fingerprint density at radius 2 is 0.839 bits per heavy atom. The van der Waals surface area contributed by atoms with Gasteiger partial charge in [0.2, 0.25) is 0 Å². The predicted molar refractivity (Wildman–Crippen MR) is 262 cm³/mol. The predicted octanol–water partition coefficient (Wildman–Crippen LogP) is 16.4. The fourth-order valence-corrected chi connectivity index (χ4v) is 11.1. The normalized spacial score (nSPS) is 15.5. The van der Waals surface area contributed by atoms with Gasteiger partial charge in [0.1, 0.15) is 0 Å². The van der Waals surface area contributed by atoms with E-state index >= 15 is 0 Å². The van der Waals surface area contributed by atoms with Crippen LogP contribution >= 0.6 is 0 Å². The molecule has 1 nitrogen and oxygen atoms in total. The number of hydrogen-bond donors (Lipinski definition) is 0. The fraction of sp³-hybridized carbons (Fsp3) is 0.0820.